The van der Waals surface area contributed by atoms with Crippen LogP contribution in [0.2, 0.25) is 0 Å². The van der Waals surface area contributed by atoms with Gasteiger partial charge in [-0.15, -0.1) is 0 Å². The van der Waals surface area contributed by atoms with Crippen molar-refractivity contribution in [2.45, 2.75) is 6.54 Å². The number of nitrogens with two attached hydrogens (primary N) is 1. The lowest BCUT2D eigenvalue weighted by molar-refractivity contribution is 0.174. The van der Waals surface area contributed by atoms with Crippen molar-refractivity contribution >= 4 is 17.0 Å². The predicted octanol–water partition coefficient (Wildman–Crippen LogP) is 2.53. The molecule has 0 radical (unpaired) electrons. The van der Waals surface area contributed by atoms with E-state index in [1.165, 1.54) is 12.1 Å². The van der Waals surface area contributed by atoms with Gasteiger partial charge in [0.2, 0.25) is 12.7 Å². The second kappa shape index (κ2) is 4.37. The molecular weight excluding hydrogens is 273 g/mol. The van der Waals surface area contributed by atoms with Crippen LogP contribution in [-0.4, -0.2) is 16.3 Å². The highest BCUT2D eigenvalue weighted by molar-refractivity contribution is 5.78. The summed E-state index contributed by atoms with van der Waals surface area (Å²) >= 11 is 0. The molecule has 2 aromatic carbocycles. The van der Waals surface area contributed by atoms with Crippen LogP contribution in [0.3, 0.4) is 0 Å². The lowest BCUT2D eigenvalue weighted by atomic mass is 10.2. The summed E-state index contributed by atoms with van der Waals surface area (Å²) < 4.78 is 25.8. The summed E-state index contributed by atoms with van der Waals surface area (Å²) in [5, 5.41) is 0. The standard InChI is InChI=1S/C15H12FN3O2/c16-10-2-3-11-12(6-10)19(15(17)18-11)7-9-1-4-13-14(5-9)21-8-20-13/h1-6H,7-8H2,(H2,17,18). The van der Waals surface area contributed by atoms with E-state index in [1.54, 1.807) is 10.6 Å². The quantitative estimate of drug-likeness (QED) is 0.786. The van der Waals surface area contributed by atoms with Gasteiger partial charge in [-0.1, -0.05) is 6.07 Å². The molecule has 0 fully saturated rings. The van der Waals surface area contributed by atoms with Crippen LogP contribution in [0.5, 0.6) is 11.5 Å². The molecule has 5 nitrogen and oxygen atoms in total. The predicted molar refractivity (Wildman–Crippen MR) is 75.8 cm³/mol. The highest BCUT2D eigenvalue weighted by atomic mass is 19.1. The third-order valence-electron chi connectivity index (χ3n) is 3.52. The SMILES string of the molecule is Nc1nc2ccc(F)cc2n1Cc1ccc2c(c1)OCO2. The molecule has 106 valence electrons. The van der Waals surface area contributed by atoms with E-state index in [0.29, 0.717) is 29.3 Å². The van der Waals surface area contributed by atoms with Crippen LogP contribution in [0.15, 0.2) is 36.4 Å². The summed E-state index contributed by atoms with van der Waals surface area (Å²) in [6, 6.07) is 10.1. The topological polar surface area (TPSA) is 62.3 Å². The summed E-state index contributed by atoms with van der Waals surface area (Å²) in [6.45, 7) is 0.725. The van der Waals surface area contributed by atoms with Crippen molar-refractivity contribution in [3.8, 4) is 11.5 Å². The molecule has 21 heavy (non-hydrogen) atoms. The molecule has 0 spiro atoms. The fourth-order valence-electron chi connectivity index (χ4n) is 2.50. The van der Waals surface area contributed by atoms with E-state index in [2.05, 4.69) is 4.98 Å². The van der Waals surface area contributed by atoms with Gasteiger partial charge >= 0.3 is 0 Å². The van der Waals surface area contributed by atoms with Crippen molar-refractivity contribution in [1.29, 1.82) is 0 Å². The number of ether oxygens (including phenoxy) is 2. The average Bonchev–Trinajstić information content (AvgIpc) is 3.04. The summed E-state index contributed by atoms with van der Waals surface area (Å²) in [6.07, 6.45) is 0. The zero-order valence-corrected chi connectivity index (χ0v) is 11.0. The Kier molecular flexibility index (Phi) is 2.50. The molecule has 0 saturated carbocycles. The molecule has 1 aliphatic heterocycles. The normalized spacial score (nSPS) is 13.0. The molecule has 0 unspecified atom stereocenters. The van der Waals surface area contributed by atoms with Crippen LogP contribution in [0.25, 0.3) is 11.0 Å². The van der Waals surface area contributed by atoms with E-state index in [9.17, 15) is 4.39 Å². The van der Waals surface area contributed by atoms with Crippen molar-refractivity contribution < 1.29 is 13.9 Å². The fourth-order valence-corrected chi connectivity index (χ4v) is 2.50. The molecule has 0 bridgehead atoms. The maximum atomic E-state index is 13.4. The fraction of sp³-hybridized carbons (Fsp3) is 0.133. The Morgan fingerprint density at radius 2 is 2.00 bits per heavy atom. The number of nitrogen functional groups attached to an aromatic ring is 1. The number of hydrogen-bond acceptors (Lipinski definition) is 4. The molecule has 2 heterocycles. The molecule has 0 atom stereocenters. The van der Waals surface area contributed by atoms with E-state index in [1.807, 2.05) is 18.2 Å². The van der Waals surface area contributed by atoms with Gasteiger partial charge in [0.25, 0.3) is 0 Å². The Balaban J connectivity index is 1.77. The lowest BCUT2D eigenvalue weighted by Crippen LogP contribution is -2.04. The number of fused-ring (bicyclic) bond motifs is 2. The largest absolute Gasteiger partial charge is 0.454 e. The number of hydrogen-bond donors (Lipinski definition) is 1. The highest BCUT2D eigenvalue weighted by Gasteiger charge is 2.15. The third-order valence-corrected chi connectivity index (χ3v) is 3.52. The first-order valence-electron chi connectivity index (χ1n) is 6.50. The van der Waals surface area contributed by atoms with Crippen LogP contribution in [-0.2, 0) is 6.54 Å². The summed E-state index contributed by atoms with van der Waals surface area (Å²) in [5.41, 5.74) is 8.27. The number of benzene rings is 2. The van der Waals surface area contributed by atoms with E-state index in [0.717, 1.165) is 11.3 Å². The van der Waals surface area contributed by atoms with E-state index >= 15 is 0 Å². The highest BCUT2D eigenvalue weighted by Crippen LogP contribution is 2.33. The minimum Gasteiger partial charge on any atom is -0.454 e. The zero-order valence-electron chi connectivity index (χ0n) is 11.0. The molecule has 1 aliphatic rings. The maximum Gasteiger partial charge on any atom is 0.231 e. The second-order valence-electron chi connectivity index (χ2n) is 4.88. The van der Waals surface area contributed by atoms with Gasteiger partial charge in [-0.25, -0.2) is 9.37 Å². The first-order valence-corrected chi connectivity index (χ1v) is 6.50. The van der Waals surface area contributed by atoms with Crippen LogP contribution >= 0.6 is 0 Å². The van der Waals surface area contributed by atoms with E-state index in [4.69, 9.17) is 15.2 Å². The minimum atomic E-state index is -0.311. The van der Waals surface area contributed by atoms with Crippen LogP contribution in [0, 0.1) is 5.82 Å². The van der Waals surface area contributed by atoms with Gasteiger partial charge < -0.3 is 19.8 Å². The number of halogens is 1. The van der Waals surface area contributed by atoms with Gasteiger partial charge in [-0.3, -0.25) is 0 Å². The van der Waals surface area contributed by atoms with Gasteiger partial charge in [-0.2, -0.15) is 0 Å². The molecule has 2 N–H and O–H groups in total. The number of nitrogens with zero attached hydrogens (tertiary/aromatic N) is 2. The monoisotopic (exact) mass is 285 g/mol. The molecule has 3 aromatic rings. The Labute approximate surface area is 119 Å². The Morgan fingerprint density at radius 3 is 2.90 bits per heavy atom. The molecular formula is C15H12FN3O2. The molecule has 4 rings (SSSR count). The molecule has 0 saturated heterocycles. The summed E-state index contributed by atoms with van der Waals surface area (Å²) in [7, 11) is 0. The van der Waals surface area contributed by atoms with Crippen molar-refractivity contribution in [3.63, 3.8) is 0 Å². The van der Waals surface area contributed by atoms with Gasteiger partial charge in [0.05, 0.1) is 17.6 Å². The first-order chi connectivity index (χ1) is 10.2. The molecule has 1 aromatic heterocycles. The summed E-state index contributed by atoms with van der Waals surface area (Å²) in [4.78, 5) is 4.24. The van der Waals surface area contributed by atoms with Crippen LogP contribution in [0.1, 0.15) is 5.56 Å². The van der Waals surface area contributed by atoms with Gasteiger partial charge in [-0.05, 0) is 35.9 Å². The Morgan fingerprint density at radius 1 is 1.14 bits per heavy atom. The van der Waals surface area contributed by atoms with Gasteiger partial charge in [0.15, 0.2) is 11.5 Å². The number of aromatic nitrogens is 2. The van der Waals surface area contributed by atoms with Crippen LogP contribution < -0.4 is 15.2 Å². The molecule has 0 amide bonds. The van der Waals surface area contributed by atoms with E-state index in [-0.39, 0.29) is 12.6 Å². The van der Waals surface area contributed by atoms with Crippen LogP contribution in [0.4, 0.5) is 10.3 Å². The number of anilines is 1. The van der Waals surface area contributed by atoms with Gasteiger partial charge in [0, 0.05) is 0 Å². The average molecular weight is 285 g/mol. The zero-order chi connectivity index (χ0) is 14.4. The first kappa shape index (κ1) is 12.0. The lowest BCUT2D eigenvalue weighted by Gasteiger charge is -2.07. The smallest absolute Gasteiger partial charge is 0.231 e. The van der Waals surface area contributed by atoms with Crippen molar-refractivity contribution in [3.05, 3.63) is 47.8 Å². The number of imidazole rings is 1. The molecule has 0 aliphatic carbocycles. The Bertz CT molecular complexity index is 844. The van der Waals surface area contributed by atoms with Crippen molar-refractivity contribution in [1.82, 2.24) is 9.55 Å². The number of rotatable bonds is 2. The minimum absolute atomic E-state index is 0.236. The Hall–Kier alpha value is -2.76. The molecule has 6 heteroatoms. The second-order valence-corrected chi connectivity index (χ2v) is 4.88. The third kappa shape index (κ3) is 1.96. The van der Waals surface area contributed by atoms with Crippen molar-refractivity contribution in [2.75, 3.05) is 12.5 Å². The maximum absolute atomic E-state index is 13.4. The van der Waals surface area contributed by atoms with E-state index < -0.39 is 0 Å². The van der Waals surface area contributed by atoms with Crippen molar-refractivity contribution in [2.24, 2.45) is 0 Å². The summed E-state index contributed by atoms with van der Waals surface area (Å²) in [5.74, 6) is 1.48. The van der Waals surface area contributed by atoms with Gasteiger partial charge in [0.1, 0.15) is 5.82 Å².